The summed E-state index contributed by atoms with van der Waals surface area (Å²) in [5.41, 5.74) is 0.765. The molecule has 0 radical (unpaired) electrons. The fourth-order valence-electron chi connectivity index (χ4n) is 6.69. The van der Waals surface area contributed by atoms with Gasteiger partial charge in [0.15, 0.2) is 9.75 Å². The lowest BCUT2D eigenvalue weighted by atomic mass is 9.64. The van der Waals surface area contributed by atoms with Crippen molar-refractivity contribution >= 4 is 40.7 Å². The molecule has 12 heteroatoms. The number of para-hydroxylation sites is 1. The lowest BCUT2D eigenvalue weighted by molar-refractivity contribution is -0.122. The van der Waals surface area contributed by atoms with Crippen molar-refractivity contribution in [2.24, 2.45) is 0 Å². The second-order valence-corrected chi connectivity index (χ2v) is 12.2. The highest BCUT2D eigenvalue weighted by Gasteiger charge is 2.75. The van der Waals surface area contributed by atoms with Crippen LogP contribution in [-0.4, -0.2) is 40.6 Å². The number of anilines is 1. The summed E-state index contributed by atoms with van der Waals surface area (Å²) < 4.78 is 17.4. The van der Waals surface area contributed by atoms with E-state index in [1.165, 1.54) is 27.6 Å². The molecule has 43 heavy (non-hydrogen) atoms. The Kier molecular flexibility index (Phi) is 5.93. The minimum absolute atomic E-state index is 0.000621. The minimum Gasteiger partial charge on any atom is -0.508 e. The van der Waals surface area contributed by atoms with Crippen LogP contribution in [0.15, 0.2) is 94.0 Å². The highest BCUT2D eigenvalue weighted by Crippen LogP contribution is 2.63. The average molecular weight is 621 g/mol. The van der Waals surface area contributed by atoms with Gasteiger partial charge in [-0.2, -0.15) is 0 Å². The molecule has 0 bridgehead atoms. The van der Waals surface area contributed by atoms with E-state index >= 15 is 0 Å². The highest BCUT2D eigenvalue weighted by molar-refractivity contribution is 6.58. The first-order valence-electron chi connectivity index (χ1n) is 13.5. The molecule has 2 fully saturated rings. The summed E-state index contributed by atoms with van der Waals surface area (Å²) in [7, 11) is 0. The molecule has 3 aliphatic rings. The van der Waals surface area contributed by atoms with Crippen LogP contribution in [0.3, 0.4) is 0 Å². The Bertz CT molecular complexity index is 2000. The summed E-state index contributed by atoms with van der Waals surface area (Å²) in [6.45, 7) is 1.68. The van der Waals surface area contributed by atoms with Crippen LogP contribution in [0.1, 0.15) is 29.5 Å². The van der Waals surface area contributed by atoms with E-state index in [2.05, 4.69) is 0 Å². The predicted octanol–water partition coefficient (Wildman–Crippen LogP) is 4.15. The van der Waals surface area contributed by atoms with E-state index in [4.69, 9.17) is 23.2 Å². The van der Waals surface area contributed by atoms with Gasteiger partial charge in [0.1, 0.15) is 11.6 Å². The first-order valence-corrected chi connectivity index (χ1v) is 14.3. The van der Waals surface area contributed by atoms with Gasteiger partial charge in [0.2, 0.25) is 0 Å². The molecule has 1 aromatic heterocycles. The molecule has 1 aliphatic carbocycles. The van der Waals surface area contributed by atoms with E-state index in [1.54, 1.807) is 55.5 Å². The number of imide groups is 1. The standard InChI is InChI=1S/C31H23Cl2FN4O5/c1-17-15-18(7-12-24(17)39)25-22-13-14-35-28(42)37(20-5-3-2-4-6-20)29(43)38(35)23(22)16-30(32)26(40)36(27(41)31(25,30)33)21-10-8-19(34)9-11-21/h2-13,15,23,25,39H,14,16H2,1H3. The van der Waals surface area contributed by atoms with Gasteiger partial charge in [0.25, 0.3) is 11.8 Å². The number of halogens is 3. The minimum atomic E-state index is -2.08. The number of allylic oxidation sites excluding steroid dienone is 2. The fourth-order valence-corrected chi connectivity index (χ4v) is 7.61. The van der Waals surface area contributed by atoms with E-state index in [-0.39, 0.29) is 24.4 Å². The van der Waals surface area contributed by atoms with Gasteiger partial charge in [-0.25, -0.2) is 32.8 Å². The van der Waals surface area contributed by atoms with Crippen LogP contribution in [0.4, 0.5) is 10.1 Å². The van der Waals surface area contributed by atoms with Crippen molar-refractivity contribution in [3.8, 4) is 11.4 Å². The van der Waals surface area contributed by atoms with Crippen LogP contribution in [0, 0.1) is 12.7 Å². The van der Waals surface area contributed by atoms with Gasteiger partial charge in [-0.1, -0.05) is 36.4 Å². The Morgan fingerprint density at radius 2 is 1.58 bits per heavy atom. The molecule has 7 rings (SSSR count). The van der Waals surface area contributed by atoms with Gasteiger partial charge < -0.3 is 5.11 Å². The van der Waals surface area contributed by atoms with E-state index in [0.717, 1.165) is 21.6 Å². The molecule has 1 saturated carbocycles. The third-order valence-electron chi connectivity index (χ3n) is 8.73. The maximum atomic E-state index is 14.3. The first kappa shape index (κ1) is 27.4. The number of amides is 2. The van der Waals surface area contributed by atoms with Gasteiger partial charge in [0.05, 0.1) is 24.0 Å². The third kappa shape index (κ3) is 3.56. The van der Waals surface area contributed by atoms with Crippen molar-refractivity contribution in [1.29, 1.82) is 0 Å². The number of nitrogens with zero attached hydrogens (tertiary/aromatic N) is 4. The lowest BCUT2D eigenvalue weighted by Gasteiger charge is -2.49. The molecule has 218 valence electrons. The van der Waals surface area contributed by atoms with Crippen molar-refractivity contribution in [1.82, 2.24) is 13.9 Å². The van der Waals surface area contributed by atoms with Crippen LogP contribution in [-0.2, 0) is 16.1 Å². The fraction of sp³-hybridized carbons (Fsp3) is 0.226. The Hall–Kier alpha value is -4.41. The Balaban J connectivity index is 1.47. The Morgan fingerprint density at radius 3 is 2.26 bits per heavy atom. The third-order valence-corrected chi connectivity index (χ3v) is 10.1. The number of hydrogen-bond acceptors (Lipinski definition) is 5. The topological polar surface area (TPSA) is 107 Å². The van der Waals surface area contributed by atoms with Gasteiger partial charge in [-0.05, 0) is 66.1 Å². The molecule has 3 aromatic carbocycles. The van der Waals surface area contributed by atoms with E-state index in [9.17, 15) is 28.7 Å². The van der Waals surface area contributed by atoms with E-state index in [0.29, 0.717) is 22.4 Å². The quantitative estimate of drug-likeness (QED) is 0.210. The van der Waals surface area contributed by atoms with E-state index < -0.39 is 50.7 Å². The number of hydrogen-bond donors (Lipinski definition) is 1. The van der Waals surface area contributed by atoms with Crippen LogP contribution >= 0.6 is 23.2 Å². The zero-order chi connectivity index (χ0) is 30.4. The summed E-state index contributed by atoms with van der Waals surface area (Å²) in [5.74, 6) is -3.21. The smallest absolute Gasteiger partial charge is 0.352 e. The number of phenolic OH excluding ortho intramolecular Hbond substituents is 1. The molecule has 2 amide bonds. The number of carbonyl (C=O) groups is 2. The summed E-state index contributed by atoms with van der Waals surface area (Å²) >= 11 is 14.6. The van der Waals surface area contributed by atoms with Gasteiger partial charge in [-0.15, -0.1) is 23.2 Å². The normalized spacial score (nSPS) is 26.1. The molecule has 4 unspecified atom stereocenters. The second kappa shape index (κ2) is 9.29. The monoisotopic (exact) mass is 620 g/mol. The average Bonchev–Trinajstić information content (AvgIpc) is 3.33. The maximum absolute atomic E-state index is 14.3. The zero-order valence-corrected chi connectivity index (χ0v) is 24.1. The van der Waals surface area contributed by atoms with Gasteiger partial charge >= 0.3 is 11.4 Å². The van der Waals surface area contributed by atoms with Crippen molar-refractivity contribution in [3.63, 3.8) is 0 Å². The molecule has 1 N–H and O–H groups in total. The zero-order valence-electron chi connectivity index (χ0n) is 22.6. The Morgan fingerprint density at radius 1 is 0.884 bits per heavy atom. The predicted molar refractivity (Wildman–Crippen MR) is 158 cm³/mol. The van der Waals surface area contributed by atoms with Gasteiger partial charge in [0, 0.05) is 12.3 Å². The molecule has 9 nitrogen and oxygen atoms in total. The van der Waals surface area contributed by atoms with E-state index in [1.807, 2.05) is 0 Å². The van der Waals surface area contributed by atoms with Gasteiger partial charge in [-0.3, -0.25) is 9.59 Å². The molecular formula is C31H23Cl2FN4O5. The largest absolute Gasteiger partial charge is 0.508 e. The number of benzene rings is 3. The number of alkyl halides is 2. The van der Waals surface area contributed by atoms with Crippen LogP contribution in [0.2, 0.25) is 0 Å². The van der Waals surface area contributed by atoms with Crippen LogP contribution in [0.25, 0.3) is 5.69 Å². The van der Waals surface area contributed by atoms with Crippen LogP contribution < -0.4 is 16.3 Å². The number of rotatable bonds is 3. The molecule has 3 heterocycles. The molecule has 1 saturated heterocycles. The van der Waals surface area contributed by atoms with Crippen molar-refractivity contribution in [2.45, 2.75) is 41.6 Å². The number of aromatic hydroxyl groups is 1. The number of aromatic nitrogens is 3. The number of fused-ring (bicyclic) bond motifs is 4. The van der Waals surface area contributed by atoms with Crippen molar-refractivity contribution in [2.75, 3.05) is 4.90 Å². The number of aryl methyl sites for hydroxylation is 1. The molecule has 0 spiro atoms. The highest BCUT2D eigenvalue weighted by atomic mass is 35.5. The SMILES string of the molecule is Cc1cc(C2C3=CCn4c(=O)n(-c5ccccc5)c(=O)n4C3CC3(Cl)C(=O)N(c4ccc(F)cc4)C(=O)C23Cl)ccc1O. The Labute approximate surface area is 253 Å². The number of carbonyl (C=O) groups excluding carboxylic acids is 2. The summed E-state index contributed by atoms with van der Waals surface area (Å²) in [5, 5.41) is 10.3. The molecular weight excluding hydrogens is 598 g/mol. The lowest BCUT2D eigenvalue weighted by Crippen LogP contribution is -2.59. The summed E-state index contributed by atoms with van der Waals surface area (Å²) in [6.07, 6.45) is 1.46. The maximum Gasteiger partial charge on any atom is 0.352 e. The second-order valence-electron chi connectivity index (χ2n) is 11.0. The molecule has 4 atom stereocenters. The number of phenols is 1. The molecule has 4 aromatic rings. The first-order chi connectivity index (χ1) is 20.5. The molecule has 2 aliphatic heterocycles. The summed E-state index contributed by atoms with van der Waals surface area (Å²) in [6, 6.07) is 17.1. The van der Waals surface area contributed by atoms with Crippen molar-refractivity contribution in [3.05, 3.63) is 122 Å². The summed E-state index contributed by atoms with van der Waals surface area (Å²) in [4.78, 5) is 52.7. The van der Waals surface area contributed by atoms with Crippen LogP contribution in [0.5, 0.6) is 5.75 Å². The van der Waals surface area contributed by atoms with Crippen molar-refractivity contribution < 1.29 is 19.1 Å².